The monoisotopic (exact) mass is 357 g/mol. The predicted octanol–water partition coefficient (Wildman–Crippen LogP) is 3.59. The first-order valence-corrected chi connectivity index (χ1v) is 9.31. The Balaban J connectivity index is 1.47. The molecular weight excluding hydrogens is 333 g/mol. The van der Waals surface area contributed by atoms with Crippen LogP contribution in [0, 0.1) is 5.82 Å². The lowest BCUT2D eigenvalue weighted by molar-refractivity contribution is -0.00702. The van der Waals surface area contributed by atoms with Crippen molar-refractivity contribution in [1.29, 1.82) is 0 Å². The molecule has 5 nitrogen and oxygen atoms in total. The number of piperidine rings is 1. The summed E-state index contributed by atoms with van der Waals surface area (Å²) in [6.07, 6.45) is 2.25. The summed E-state index contributed by atoms with van der Waals surface area (Å²) in [6, 6.07) is 6.94. The fraction of sp³-hybridized carbons (Fsp3) is 0.500. The number of H-pyrrole nitrogens is 1. The number of amides is 1. The Hall–Kier alpha value is -2.21. The summed E-state index contributed by atoms with van der Waals surface area (Å²) < 4.78 is 19.8. The van der Waals surface area contributed by atoms with Gasteiger partial charge in [-0.3, -0.25) is 9.89 Å². The van der Waals surface area contributed by atoms with E-state index < -0.39 is 0 Å². The number of fused-ring (bicyclic) bond motifs is 1. The normalized spacial score (nSPS) is 23.7. The van der Waals surface area contributed by atoms with Gasteiger partial charge in [0.05, 0.1) is 17.9 Å². The lowest BCUT2D eigenvalue weighted by Gasteiger charge is -2.32. The SMILES string of the molecule is C[C@@H]1Cc2c(C(=O)N3CCC(c4ccccc4F)CC3)n[nH]c2[C@H](C)O1. The van der Waals surface area contributed by atoms with Gasteiger partial charge in [-0.05, 0) is 44.2 Å². The van der Waals surface area contributed by atoms with Crippen molar-refractivity contribution in [2.45, 2.75) is 51.2 Å². The first-order valence-electron chi connectivity index (χ1n) is 9.31. The number of hydrogen-bond acceptors (Lipinski definition) is 3. The molecular formula is C20H24FN3O2. The lowest BCUT2D eigenvalue weighted by Crippen LogP contribution is -2.39. The average Bonchev–Trinajstić information content (AvgIpc) is 3.06. The largest absolute Gasteiger partial charge is 0.369 e. The van der Waals surface area contributed by atoms with Gasteiger partial charge in [-0.1, -0.05) is 18.2 Å². The van der Waals surface area contributed by atoms with Crippen LogP contribution in [-0.2, 0) is 11.2 Å². The molecule has 138 valence electrons. The predicted molar refractivity (Wildman–Crippen MR) is 95.5 cm³/mol. The first-order chi connectivity index (χ1) is 12.5. The van der Waals surface area contributed by atoms with E-state index in [0.717, 1.165) is 29.7 Å². The molecule has 4 rings (SSSR count). The molecule has 2 aromatic rings. The fourth-order valence-corrected chi connectivity index (χ4v) is 4.20. The van der Waals surface area contributed by atoms with E-state index in [2.05, 4.69) is 10.2 Å². The number of nitrogens with one attached hydrogen (secondary N) is 1. The molecule has 1 N–H and O–H groups in total. The molecule has 0 spiro atoms. The summed E-state index contributed by atoms with van der Waals surface area (Å²) in [5.74, 6) is -0.0146. The van der Waals surface area contributed by atoms with E-state index >= 15 is 0 Å². The molecule has 1 aromatic heterocycles. The van der Waals surface area contributed by atoms with Crippen LogP contribution >= 0.6 is 0 Å². The van der Waals surface area contributed by atoms with Crippen LogP contribution in [0.3, 0.4) is 0 Å². The number of rotatable bonds is 2. The number of aromatic nitrogens is 2. The van der Waals surface area contributed by atoms with Gasteiger partial charge in [-0.15, -0.1) is 0 Å². The minimum absolute atomic E-state index is 0.0317. The van der Waals surface area contributed by atoms with Crippen molar-refractivity contribution in [3.05, 3.63) is 52.6 Å². The number of carbonyl (C=O) groups excluding carboxylic acids is 1. The summed E-state index contributed by atoms with van der Waals surface area (Å²) in [7, 11) is 0. The van der Waals surface area contributed by atoms with E-state index in [9.17, 15) is 9.18 Å². The zero-order valence-electron chi connectivity index (χ0n) is 15.2. The van der Waals surface area contributed by atoms with Crippen LogP contribution in [0.25, 0.3) is 0 Å². The van der Waals surface area contributed by atoms with Crippen LogP contribution in [0.5, 0.6) is 0 Å². The lowest BCUT2D eigenvalue weighted by atomic mass is 9.89. The maximum atomic E-state index is 14.0. The van der Waals surface area contributed by atoms with Crippen molar-refractivity contribution in [1.82, 2.24) is 15.1 Å². The van der Waals surface area contributed by atoms with Crippen molar-refractivity contribution in [3.63, 3.8) is 0 Å². The van der Waals surface area contributed by atoms with Gasteiger partial charge in [0, 0.05) is 25.1 Å². The van der Waals surface area contributed by atoms with Gasteiger partial charge in [0.2, 0.25) is 0 Å². The summed E-state index contributed by atoms with van der Waals surface area (Å²) >= 11 is 0. The minimum Gasteiger partial charge on any atom is -0.369 e. The molecule has 2 aliphatic rings. The number of carbonyl (C=O) groups is 1. The number of ether oxygens (including phenoxy) is 1. The average molecular weight is 357 g/mol. The van der Waals surface area contributed by atoms with Crippen LogP contribution in [0.4, 0.5) is 4.39 Å². The van der Waals surface area contributed by atoms with Crippen LogP contribution < -0.4 is 0 Å². The van der Waals surface area contributed by atoms with Crippen molar-refractivity contribution < 1.29 is 13.9 Å². The third-order valence-corrected chi connectivity index (χ3v) is 5.56. The van der Waals surface area contributed by atoms with Crippen molar-refractivity contribution in [2.24, 2.45) is 0 Å². The molecule has 2 aliphatic heterocycles. The highest BCUT2D eigenvalue weighted by atomic mass is 19.1. The summed E-state index contributed by atoms with van der Waals surface area (Å²) in [5.41, 5.74) is 3.17. The van der Waals surface area contributed by atoms with E-state index in [1.807, 2.05) is 30.9 Å². The Kier molecular flexibility index (Phi) is 4.53. The van der Waals surface area contributed by atoms with E-state index in [4.69, 9.17) is 4.74 Å². The van der Waals surface area contributed by atoms with Gasteiger partial charge in [0.25, 0.3) is 5.91 Å². The van der Waals surface area contributed by atoms with Gasteiger partial charge in [0.15, 0.2) is 5.69 Å². The molecule has 0 aliphatic carbocycles. The van der Waals surface area contributed by atoms with Gasteiger partial charge in [-0.2, -0.15) is 5.10 Å². The van der Waals surface area contributed by atoms with Gasteiger partial charge in [-0.25, -0.2) is 4.39 Å². The third kappa shape index (κ3) is 3.03. The molecule has 0 unspecified atom stereocenters. The van der Waals surface area contributed by atoms with Gasteiger partial charge >= 0.3 is 0 Å². The fourth-order valence-electron chi connectivity index (χ4n) is 4.20. The van der Waals surface area contributed by atoms with E-state index in [-0.39, 0.29) is 29.9 Å². The Morgan fingerprint density at radius 2 is 2.00 bits per heavy atom. The second kappa shape index (κ2) is 6.83. The molecule has 0 radical (unpaired) electrons. The van der Waals surface area contributed by atoms with Crippen LogP contribution in [0.1, 0.15) is 66.0 Å². The molecule has 0 saturated carbocycles. The number of halogens is 1. The Morgan fingerprint density at radius 3 is 2.73 bits per heavy atom. The molecule has 26 heavy (non-hydrogen) atoms. The smallest absolute Gasteiger partial charge is 0.274 e. The highest BCUT2D eigenvalue weighted by Gasteiger charge is 2.33. The Morgan fingerprint density at radius 1 is 1.27 bits per heavy atom. The number of aromatic amines is 1. The first kappa shape index (κ1) is 17.2. The molecule has 6 heteroatoms. The van der Waals surface area contributed by atoms with Crippen molar-refractivity contribution in [2.75, 3.05) is 13.1 Å². The number of hydrogen-bond donors (Lipinski definition) is 1. The van der Waals surface area contributed by atoms with Crippen molar-refractivity contribution in [3.8, 4) is 0 Å². The molecule has 1 amide bonds. The molecule has 1 aromatic carbocycles. The zero-order valence-corrected chi connectivity index (χ0v) is 15.2. The van der Waals surface area contributed by atoms with Crippen LogP contribution in [0.2, 0.25) is 0 Å². The van der Waals surface area contributed by atoms with E-state index in [1.54, 1.807) is 6.07 Å². The minimum atomic E-state index is -0.151. The van der Waals surface area contributed by atoms with E-state index in [1.165, 1.54) is 6.07 Å². The van der Waals surface area contributed by atoms with Crippen molar-refractivity contribution >= 4 is 5.91 Å². The number of nitrogens with zero attached hydrogens (tertiary/aromatic N) is 2. The van der Waals surface area contributed by atoms with Gasteiger partial charge < -0.3 is 9.64 Å². The Bertz CT molecular complexity index is 811. The molecule has 1 saturated heterocycles. The summed E-state index contributed by atoms with van der Waals surface area (Å²) in [5, 5.41) is 7.28. The highest BCUT2D eigenvalue weighted by Crippen LogP contribution is 2.33. The zero-order chi connectivity index (χ0) is 18.3. The number of benzene rings is 1. The maximum Gasteiger partial charge on any atom is 0.274 e. The molecule has 1 fully saturated rings. The topological polar surface area (TPSA) is 58.2 Å². The molecule has 3 heterocycles. The summed E-state index contributed by atoms with van der Waals surface area (Å²) in [4.78, 5) is 14.8. The number of likely N-dealkylation sites (tertiary alicyclic amines) is 1. The Labute approximate surface area is 152 Å². The highest BCUT2D eigenvalue weighted by molar-refractivity contribution is 5.94. The van der Waals surface area contributed by atoms with E-state index in [0.29, 0.717) is 25.2 Å². The molecule has 2 atom stereocenters. The summed E-state index contributed by atoms with van der Waals surface area (Å²) in [6.45, 7) is 5.24. The third-order valence-electron chi connectivity index (χ3n) is 5.56. The standard InChI is InChI=1S/C20H24FN3O2/c1-12-11-16-18(13(2)26-12)22-23-19(16)20(25)24-9-7-14(8-10-24)15-5-3-4-6-17(15)21/h3-6,12-14H,7-11H2,1-2H3,(H,22,23)/t12-,13+/m1/s1. The van der Waals surface area contributed by atoms with Gasteiger partial charge in [0.1, 0.15) is 5.82 Å². The maximum absolute atomic E-state index is 14.0. The van der Waals surface area contributed by atoms with Crippen LogP contribution in [-0.4, -0.2) is 40.2 Å². The second-order valence-corrected chi connectivity index (χ2v) is 7.35. The molecule has 0 bridgehead atoms. The second-order valence-electron chi connectivity index (χ2n) is 7.35. The van der Waals surface area contributed by atoms with Crippen LogP contribution in [0.15, 0.2) is 24.3 Å². The quantitative estimate of drug-likeness (QED) is 0.894.